The van der Waals surface area contributed by atoms with Crippen molar-refractivity contribution < 1.29 is 9.53 Å². The first-order valence-corrected chi connectivity index (χ1v) is 8.34. The summed E-state index contributed by atoms with van der Waals surface area (Å²) in [5, 5.41) is 6.16. The molecule has 0 saturated heterocycles. The Morgan fingerprint density at radius 3 is 2.61 bits per heavy atom. The zero-order valence-corrected chi connectivity index (χ0v) is 14.9. The summed E-state index contributed by atoms with van der Waals surface area (Å²) in [5.41, 5.74) is 1.90. The molecule has 2 aromatic carbocycles. The Bertz CT molecular complexity index is 644. The first-order chi connectivity index (χ1) is 11.1. The lowest BCUT2D eigenvalue weighted by atomic mass is 10.0. The molecule has 0 heterocycles. The molecule has 0 bridgehead atoms. The summed E-state index contributed by atoms with van der Waals surface area (Å²) in [5.74, 6) is 0.644. The van der Waals surface area contributed by atoms with E-state index in [-0.39, 0.29) is 18.5 Å². The van der Waals surface area contributed by atoms with Crippen molar-refractivity contribution in [2.24, 2.45) is 0 Å². The molecule has 0 aliphatic heterocycles. The Labute approximate surface area is 145 Å². The summed E-state index contributed by atoms with van der Waals surface area (Å²) < 4.78 is 6.20. The van der Waals surface area contributed by atoms with Crippen LogP contribution in [0.3, 0.4) is 0 Å². The third-order valence-corrected chi connectivity index (χ3v) is 4.07. The van der Waals surface area contributed by atoms with Gasteiger partial charge in [-0.1, -0.05) is 41.1 Å². The van der Waals surface area contributed by atoms with Crippen molar-refractivity contribution >= 4 is 27.5 Å². The van der Waals surface area contributed by atoms with Gasteiger partial charge in [0.15, 0.2) is 0 Å². The van der Waals surface area contributed by atoms with Crippen LogP contribution in [0.4, 0.5) is 5.69 Å². The molecular formula is C18H21BrN2O2. The molecule has 23 heavy (non-hydrogen) atoms. The number of hydrogen-bond donors (Lipinski definition) is 2. The van der Waals surface area contributed by atoms with Gasteiger partial charge in [-0.15, -0.1) is 0 Å². The first-order valence-electron chi connectivity index (χ1n) is 7.55. The SMILES string of the molecule is CC[C@@H](NCC(=O)Nc1cccc(OC)c1)c1ccc(Br)cc1. The third-order valence-electron chi connectivity index (χ3n) is 3.54. The van der Waals surface area contributed by atoms with E-state index in [1.54, 1.807) is 13.2 Å². The molecule has 0 aromatic heterocycles. The minimum Gasteiger partial charge on any atom is -0.497 e. The van der Waals surface area contributed by atoms with Gasteiger partial charge in [0.2, 0.25) is 5.91 Å². The van der Waals surface area contributed by atoms with E-state index < -0.39 is 0 Å². The highest BCUT2D eigenvalue weighted by molar-refractivity contribution is 9.10. The van der Waals surface area contributed by atoms with Crippen LogP contribution >= 0.6 is 15.9 Å². The number of amides is 1. The second-order valence-corrected chi connectivity index (χ2v) is 6.09. The first kappa shape index (κ1) is 17.5. The van der Waals surface area contributed by atoms with Gasteiger partial charge in [-0.25, -0.2) is 0 Å². The van der Waals surface area contributed by atoms with Crippen molar-refractivity contribution in [1.29, 1.82) is 0 Å². The molecule has 2 N–H and O–H groups in total. The average molecular weight is 377 g/mol. The minimum absolute atomic E-state index is 0.0752. The zero-order valence-electron chi connectivity index (χ0n) is 13.3. The Morgan fingerprint density at radius 1 is 1.22 bits per heavy atom. The molecule has 0 spiro atoms. The van der Waals surface area contributed by atoms with Crippen LogP contribution < -0.4 is 15.4 Å². The van der Waals surface area contributed by atoms with Gasteiger partial charge in [-0.3, -0.25) is 4.79 Å². The molecule has 2 rings (SSSR count). The van der Waals surface area contributed by atoms with Crippen molar-refractivity contribution in [3.63, 3.8) is 0 Å². The predicted octanol–water partition coefficient (Wildman–Crippen LogP) is 4.14. The monoisotopic (exact) mass is 376 g/mol. The highest BCUT2D eigenvalue weighted by atomic mass is 79.9. The zero-order chi connectivity index (χ0) is 16.7. The van der Waals surface area contributed by atoms with Crippen LogP contribution in [0.5, 0.6) is 5.75 Å². The van der Waals surface area contributed by atoms with Gasteiger partial charge in [0, 0.05) is 22.3 Å². The highest BCUT2D eigenvalue weighted by Crippen LogP contribution is 2.19. The number of rotatable bonds is 7. The van der Waals surface area contributed by atoms with E-state index in [2.05, 4.69) is 45.6 Å². The van der Waals surface area contributed by atoms with E-state index in [0.29, 0.717) is 0 Å². The maximum atomic E-state index is 12.1. The summed E-state index contributed by atoms with van der Waals surface area (Å²) in [6.45, 7) is 2.35. The quantitative estimate of drug-likeness (QED) is 0.763. The van der Waals surface area contributed by atoms with E-state index in [9.17, 15) is 4.79 Å². The molecule has 0 aliphatic carbocycles. The van der Waals surface area contributed by atoms with Crippen molar-refractivity contribution in [2.75, 3.05) is 19.0 Å². The van der Waals surface area contributed by atoms with Gasteiger partial charge in [-0.2, -0.15) is 0 Å². The lowest BCUT2D eigenvalue weighted by Gasteiger charge is -2.17. The van der Waals surface area contributed by atoms with E-state index in [1.165, 1.54) is 5.56 Å². The van der Waals surface area contributed by atoms with E-state index in [4.69, 9.17) is 4.74 Å². The summed E-state index contributed by atoms with van der Waals surface area (Å²) in [6, 6.07) is 15.6. The maximum Gasteiger partial charge on any atom is 0.238 e. The number of carbonyl (C=O) groups is 1. The third kappa shape index (κ3) is 5.37. The highest BCUT2D eigenvalue weighted by Gasteiger charge is 2.11. The molecular weight excluding hydrogens is 356 g/mol. The number of hydrogen-bond acceptors (Lipinski definition) is 3. The fourth-order valence-corrected chi connectivity index (χ4v) is 2.58. The van der Waals surface area contributed by atoms with Gasteiger partial charge in [0.25, 0.3) is 0 Å². The minimum atomic E-state index is -0.0752. The van der Waals surface area contributed by atoms with Crippen molar-refractivity contribution in [1.82, 2.24) is 5.32 Å². The Hall–Kier alpha value is -1.85. The molecule has 5 heteroatoms. The fourth-order valence-electron chi connectivity index (χ4n) is 2.31. The fraction of sp³-hybridized carbons (Fsp3) is 0.278. The summed E-state index contributed by atoms with van der Waals surface area (Å²) in [4.78, 5) is 12.1. The molecule has 0 radical (unpaired) electrons. The summed E-state index contributed by atoms with van der Waals surface area (Å²) >= 11 is 3.43. The number of nitrogens with one attached hydrogen (secondary N) is 2. The number of carbonyl (C=O) groups excluding carboxylic acids is 1. The molecule has 4 nitrogen and oxygen atoms in total. The van der Waals surface area contributed by atoms with Crippen LogP contribution in [0.1, 0.15) is 24.9 Å². The smallest absolute Gasteiger partial charge is 0.238 e. The largest absolute Gasteiger partial charge is 0.497 e. The number of ether oxygens (including phenoxy) is 1. The van der Waals surface area contributed by atoms with Crippen LogP contribution in [-0.2, 0) is 4.79 Å². The van der Waals surface area contributed by atoms with Gasteiger partial charge in [0.05, 0.1) is 13.7 Å². The lowest BCUT2D eigenvalue weighted by molar-refractivity contribution is -0.115. The number of methoxy groups -OCH3 is 1. The standard InChI is InChI=1S/C18H21BrN2O2/c1-3-17(13-7-9-14(19)10-8-13)20-12-18(22)21-15-5-4-6-16(11-15)23-2/h4-11,17,20H,3,12H2,1-2H3,(H,21,22)/t17-/m1/s1. The normalized spacial score (nSPS) is 11.8. The molecule has 1 amide bonds. The van der Waals surface area contributed by atoms with Crippen LogP contribution in [0, 0.1) is 0 Å². The predicted molar refractivity (Wildman–Crippen MR) is 96.8 cm³/mol. The van der Waals surface area contributed by atoms with E-state index in [1.807, 2.05) is 30.3 Å². The van der Waals surface area contributed by atoms with Gasteiger partial charge < -0.3 is 15.4 Å². The molecule has 1 atom stereocenters. The number of benzene rings is 2. The second-order valence-electron chi connectivity index (χ2n) is 5.17. The Kier molecular flexibility index (Phi) is 6.62. The van der Waals surface area contributed by atoms with E-state index >= 15 is 0 Å². The second kappa shape index (κ2) is 8.70. The molecule has 0 fully saturated rings. The van der Waals surface area contributed by atoms with E-state index in [0.717, 1.165) is 22.3 Å². The summed E-state index contributed by atoms with van der Waals surface area (Å²) in [7, 11) is 1.60. The van der Waals surface area contributed by atoms with Crippen LogP contribution in [0.15, 0.2) is 53.0 Å². The summed E-state index contributed by atoms with van der Waals surface area (Å²) in [6.07, 6.45) is 0.911. The number of anilines is 1. The van der Waals surface area contributed by atoms with Crippen LogP contribution in [0.25, 0.3) is 0 Å². The maximum absolute atomic E-state index is 12.1. The van der Waals surface area contributed by atoms with Gasteiger partial charge in [-0.05, 0) is 36.2 Å². The number of halogens is 1. The van der Waals surface area contributed by atoms with Crippen molar-refractivity contribution in [3.8, 4) is 5.75 Å². The van der Waals surface area contributed by atoms with Crippen molar-refractivity contribution in [2.45, 2.75) is 19.4 Å². The molecule has 0 saturated carbocycles. The average Bonchev–Trinajstić information content (AvgIpc) is 2.57. The molecule has 122 valence electrons. The Morgan fingerprint density at radius 2 is 1.96 bits per heavy atom. The Balaban J connectivity index is 1.90. The molecule has 0 unspecified atom stereocenters. The molecule has 2 aromatic rings. The van der Waals surface area contributed by atoms with Crippen molar-refractivity contribution in [3.05, 3.63) is 58.6 Å². The van der Waals surface area contributed by atoms with Crippen LogP contribution in [-0.4, -0.2) is 19.6 Å². The van der Waals surface area contributed by atoms with Gasteiger partial charge >= 0.3 is 0 Å². The lowest BCUT2D eigenvalue weighted by Crippen LogP contribution is -2.31. The van der Waals surface area contributed by atoms with Crippen LogP contribution in [0.2, 0.25) is 0 Å². The molecule has 0 aliphatic rings. The topological polar surface area (TPSA) is 50.4 Å². The van der Waals surface area contributed by atoms with Gasteiger partial charge in [0.1, 0.15) is 5.75 Å².